The lowest BCUT2D eigenvalue weighted by atomic mass is 10.3. The Kier molecular flexibility index (Phi) is 3.10. The van der Waals surface area contributed by atoms with Crippen molar-refractivity contribution in [3.05, 3.63) is 11.6 Å². The molecule has 1 aromatic rings. The van der Waals surface area contributed by atoms with E-state index >= 15 is 0 Å². The van der Waals surface area contributed by atoms with E-state index < -0.39 is 18.4 Å². The summed E-state index contributed by atoms with van der Waals surface area (Å²) in [5.41, 5.74) is 0. The third kappa shape index (κ3) is 2.48. The Morgan fingerprint density at radius 3 is 2.64 bits per heavy atom. The molecular formula is C7H10F2N4O. The van der Waals surface area contributed by atoms with Crippen molar-refractivity contribution in [2.24, 2.45) is 0 Å². The number of aromatic amines is 1. The number of rotatable bonds is 3. The van der Waals surface area contributed by atoms with E-state index in [2.05, 4.69) is 20.5 Å². The van der Waals surface area contributed by atoms with Crippen LogP contribution in [0.3, 0.4) is 0 Å². The molecule has 1 aromatic heterocycles. The van der Waals surface area contributed by atoms with Crippen molar-refractivity contribution in [2.75, 3.05) is 0 Å². The van der Waals surface area contributed by atoms with Crippen LogP contribution in [-0.2, 0) is 4.79 Å². The minimum absolute atomic E-state index is 0.288. The number of amides is 1. The van der Waals surface area contributed by atoms with Crippen molar-refractivity contribution < 1.29 is 13.6 Å². The van der Waals surface area contributed by atoms with Crippen LogP contribution in [0.15, 0.2) is 0 Å². The Hall–Kier alpha value is -1.53. The Morgan fingerprint density at radius 2 is 2.21 bits per heavy atom. The maximum absolute atomic E-state index is 11.8. The monoisotopic (exact) mass is 204 g/mol. The second kappa shape index (κ2) is 4.12. The van der Waals surface area contributed by atoms with Crippen molar-refractivity contribution in [3.8, 4) is 0 Å². The van der Waals surface area contributed by atoms with Gasteiger partial charge in [0.05, 0.1) is 6.04 Å². The number of hydrogen-bond acceptors (Lipinski definition) is 3. The predicted molar refractivity (Wildman–Crippen MR) is 43.7 cm³/mol. The second-order valence-electron chi connectivity index (χ2n) is 2.81. The Morgan fingerprint density at radius 1 is 1.57 bits per heavy atom. The molecule has 1 rings (SSSR count). The van der Waals surface area contributed by atoms with Crippen LogP contribution in [0.2, 0.25) is 0 Å². The fraction of sp³-hybridized carbons (Fsp3) is 0.571. The van der Waals surface area contributed by atoms with E-state index in [1.54, 1.807) is 6.92 Å². The summed E-state index contributed by atoms with van der Waals surface area (Å²) in [6, 6.07) is -0.624. The molecule has 0 radical (unpaired) electrons. The van der Waals surface area contributed by atoms with Gasteiger partial charge < -0.3 is 5.32 Å². The van der Waals surface area contributed by atoms with Gasteiger partial charge in [0.1, 0.15) is 5.82 Å². The van der Waals surface area contributed by atoms with Gasteiger partial charge in [0.25, 0.3) is 5.91 Å². The number of aromatic nitrogens is 3. The molecule has 0 aromatic carbocycles. The Balaban J connectivity index is 2.59. The highest BCUT2D eigenvalue weighted by atomic mass is 19.3. The molecule has 7 heteroatoms. The lowest BCUT2D eigenvalue weighted by Crippen LogP contribution is -2.32. The Bertz CT molecular complexity index is 325. The smallest absolute Gasteiger partial charge is 0.315 e. The first kappa shape index (κ1) is 10.6. The lowest BCUT2D eigenvalue weighted by Gasteiger charge is -2.08. The van der Waals surface area contributed by atoms with Crippen LogP contribution in [0.5, 0.6) is 0 Å². The number of aryl methyl sites for hydroxylation is 1. The van der Waals surface area contributed by atoms with Crippen LogP contribution < -0.4 is 5.32 Å². The van der Waals surface area contributed by atoms with E-state index in [9.17, 15) is 13.6 Å². The molecule has 14 heavy (non-hydrogen) atoms. The molecule has 0 saturated carbocycles. The number of hydrogen-bond donors (Lipinski definition) is 2. The minimum atomic E-state index is -3.02. The van der Waals surface area contributed by atoms with E-state index in [0.29, 0.717) is 5.82 Å². The van der Waals surface area contributed by atoms with Crippen molar-refractivity contribution in [1.82, 2.24) is 20.5 Å². The van der Waals surface area contributed by atoms with Gasteiger partial charge in [0.2, 0.25) is 0 Å². The van der Waals surface area contributed by atoms with Crippen molar-refractivity contribution in [2.45, 2.75) is 26.3 Å². The van der Waals surface area contributed by atoms with Gasteiger partial charge in [-0.25, -0.2) is 4.98 Å². The number of nitrogens with one attached hydrogen (secondary N) is 2. The summed E-state index contributed by atoms with van der Waals surface area (Å²) in [5, 5.41) is 8.36. The van der Waals surface area contributed by atoms with Gasteiger partial charge in [-0.3, -0.25) is 9.89 Å². The van der Waals surface area contributed by atoms with Gasteiger partial charge >= 0.3 is 6.43 Å². The molecule has 0 aliphatic rings. The van der Waals surface area contributed by atoms with Gasteiger partial charge in [-0.05, 0) is 13.8 Å². The Labute approximate surface area is 78.9 Å². The summed E-state index contributed by atoms with van der Waals surface area (Å²) >= 11 is 0. The maximum atomic E-state index is 11.8. The highest BCUT2D eigenvalue weighted by Crippen LogP contribution is 2.06. The molecule has 5 nitrogen and oxygen atoms in total. The normalized spacial score (nSPS) is 12.9. The summed E-state index contributed by atoms with van der Waals surface area (Å²) in [5.74, 6) is -0.463. The summed E-state index contributed by atoms with van der Waals surface area (Å²) in [7, 11) is 0. The predicted octanol–water partition coefficient (Wildman–Crippen LogP) is 0.555. The van der Waals surface area contributed by atoms with E-state index in [-0.39, 0.29) is 5.82 Å². The molecule has 0 aliphatic carbocycles. The molecule has 1 amide bonds. The quantitative estimate of drug-likeness (QED) is 0.755. The first-order valence-corrected chi connectivity index (χ1v) is 3.98. The van der Waals surface area contributed by atoms with Gasteiger partial charge in [0, 0.05) is 0 Å². The fourth-order valence-corrected chi connectivity index (χ4v) is 0.895. The molecule has 0 spiro atoms. The SMILES string of the molecule is Cc1nc(C(C)NC(=O)C(F)F)n[nH]1. The number of nitrogens with zero attached hydrogens (tertiary/aromatic N) is 2. The molecule has 0 bridgehead atoms. The molecule has 0 aliphatic heterocycles. The van der Waals surface area contributed by atoms with Crippen LogP contribution in [-0.4, -0.2) is 27.5 Å². The molecule has 0 fully saturated rings. The highest BCUT2D eigenvalue weighted by molar-refractivity contribution is 5.79. The second-order valence-corrected chi connectivity index (χ2v) is 2.81. The third-order valence-electron chi connectivity index (χ3n) is 1.56. The van der Waals surface area contributed by atoms with Crippen LogP contribution in [0.1, 0.15) is 24.6 Å². The molecule has 1 heterocycles. The minimum Gasteiger partial charge on any atom is -0.341 e. The van der Waals surface area contributed by atoms with Crippen molar-refractivity contribution >= 4 is 5.91 Å². The molecule has 1 unspecified atom stereocenters. The maximum Gasteiger partial charge on any atom is 0.315 e. The summed E-state index contributed by atoms with van der Waals surface area (Å²) < 4.78 is 23.7. The standard InChI is InChI=1S/C7H10F2N4O/c1-3(10-7(14)5(8)9)6-11-4(2)12-13-6/h3,5H,1-2H3,(H,10,14)(H,11,12,13). The molecule has 2 N–H and O–H groups in total. The fourth-order valence-electron chi connectivity index (χ4n) is 0.895. The van der Waals surface area contributed by atoms with Gasteiger partial charge in [-0.15, -0.1) is 0 Å². The number of carbonyl (C=O) groups is 1. The molecule has 78 valence electrons. The van der Waals surface area contributed by atoms with Crippen LogP contribution in [0.25, 0.3) is 0 Å². The van der Waals surface area contributed by atoms with Crippen LogP contribution in [0.4, 0.5) is 8.78 Å². The average molecular weight is 204 g/mol. The summed E-state index contributed by atoms with van der Waals surface area (Å²) in [4.78, 5) is 14.5. The number of halogens is 2. The van der Waals surface area contributed by atoms with Crippen LogP contribution >= 0.6 is 0 Å². The summed E-state index contributed by atoms with van der Waals surface area (Å²) in [6.45, 7) is 3.21. The first-order chi connectivity index (χ1) is 6.50. The third-order valence-corrected chi connectivity index (χ3v) is 1.56. The first-order valence-electron chi connectivity index (χ1n) is 3.98. The van der Waals surface area contributed by atoms with E-state index in [1.807, 2.05) is 0 Å². The van der Waals surface area contributed by atoms with Gasteiger partial charge in [-0.1, -0.05) is 0 Å². The summed E-state index contributed by atoms with van der Waals surface area (Å²) in [6.07, 6.45) is -3.02. The van der Waals surface area contributed by atoms with Crippen molar-refractivity contribution in [1.29, 1.82) is 0 Å². The van der Waals surface area contributed by atoms with Gasteiger partial charge in [-0.2, -0.15) is 13.9 Å². The van der Waals surface area contributed by atoms with E-state index in [1.165, 1.54) is 6.92 Å². The largest absolute Gasteiger partial charge is 0.341 e. The zero-order valence-electron chi connectivity index (χ0n) is 7.71. The zero-order valence-corrected chi connectivity index (χ0v) is 7.71. The zero-order chi connectivity index (χ0) is 10.7. The van der Waals surface area contributed by atoms with Crippen LogP contribution in [0, 0.1) is 6.92 Å². The molecule has 0 saturated heterocycles. The van der Waals surface area contributed by atoms with Crippen molar-refractivity contribution in [3.63, 3.8) is 0 Å². The van der Waals surface area contributed by atoms with Gasteiger partial charge in [0.15, 0.2) is 5.82 Å². The number of H-pyrrole nitrogens is 1. The van der Waals surface area contributed by atoms with E-state index in [4.69, 9.17) is 0 Å². The lowest BCUT2D eigenvalue weighted by molar-refractivity contribution is -0.132. The average Bonchev–Trinajstić information content (AvgIpc) is 2.51. The topological polar surface area (TPSA) is 70.7 Å². The number of alkyl halides is 2. The highest BCUT2D eigenvalue weighted by Gasteiger charge is 2.19. The molecule has 1 atom stereocenters. The van der Waals surface area contributed by atoms with E-state index in [0.717, 1.165) is 0 Å². The number of carbonyl (C=O) groups excluding carboxylic acids is 1. The molecular weight excluding hydrogens is 194 g/mol.